The zero-order valence-electron chi connectivity index (χ0n) is 14.2. The van der Waals surface area contributed by atoms with Crippen LogP contribution in [0.4, 0.5) is 15.9 Å². The summed E-state index contributed by atoms with van der Waals surface area (Å²) in [6.45, 7) is 1.78. The van der Waals surface area contributed by atoms with E-state index in [1.807, 2.05) is 6.07 Å². The Kier molecular flexibility index (Phi) is 4.35. The molecule has 2 heterocycles. The Balaban J connectivity index is 1.46. The highest BCUT2D eigenvalue weighted by molar-refractivity contribution is 6.03. The van der Waals surface area contributed by atoms with Crippen molar-refractivity contribution in [1.29, 1.82) is 0 Å². The second-order valence-corrected chi connectivity index (χ2v) is 6.28. The number of rotatable bonds is 3. The van der Waals surface area contributed by atoms with E-state index in [0.29, 0.717) is 5.82 Å². The highest BCUT2D eigenvalue weighted by Gasteiger charge is 2.17. The quantitative estimate of drug-likeness (QED) is 0.778. The first-order chi connectivity index (χ1) is 12.7. The molecule has 130 valence electrons. The topological polar surface area (TPSA) is 45.2 Å². The zero-order chi connectivity index (χ0) is 17.9. The Bertz CT molecular complexity index is 940. The van der Waals surface area contributed by atoms with Crippen LogP contribution in [0, 0.1) is 5.82 Å². The number of nitrogens with zero attached hydrogens (tertiary/aromatic N) is 2. The van der Waals surface area contributed by atoms with Crippen LogP contribution in [0.25, 0.3) is 0 Å². The summed E-state index contributed by atoms with van der Waals surface area (Å²) < 4.78 is 13.7. The number of benzene rings is 2. The van der Waals surface area contributed by atoms with Gasteiger partial charge in [-0.05, 0) is 41.8 Å². The van der Waals surface area contributed by atoms with Crippen LogP contribution in [0.2, 0.25) is 0 Å². The fraction of sp³-hybridized carbons (Fsp3) is 0.143. The maximum absolute atomic E-state index is 13.7. The number of hydrogen-bond donors (Lipinski definition) is 1. The molecule has 0 unspecified atom stereocenters. The van der Waals surface area contributed by atoms with Gasteiger partial charge in [-0.25, -0.2) is 9.37 Å². The number of aromatic nitrogens is 1. The van der Waals surface area contributed by atoms with Crippen molar-refractivity contribution in [2.75, 3.05) is 16.8 Å². The molecule has 0 aliphatic carbocycles. The molecule has 0 spiro atoms. The van der Waals surface area contributed by atoms with Crippen LogP contribution in [0.1, 0.15) is 21.5 Å². The number of hydrogen-bond acceptors (Lipinski definition) is 3. The summed E-state index contributed by atoms with van der Waals surface area (Å²) in [4.78, 5) is 18.7. The van der Waals surface area contributed by atoms with Crippen LogP contribution in [0.15, 0.2) is 66.9 Å². The number of amides is 1. The Labute approximate surface area is 151 Å². The summed E-state index contributed by atoms with van der Waals surface area (Å²) in [5, 5.41) is 2.64. The van der Waals surface area contributed by atoms with Crippen molar-refractivity contribution >= 4 is 17.4 Å². The van der Waals surface area contributed by atoms with E-state index in [2.05, 4.69) is 39.5 Å². The number of halogens is 1. The van der Waals surface area contributed by atoms with Crippen molar-refractivity contribution in [2.24, 2.45) is 0 Å². The Morgan fingerprint density at radius 3 is 2.54 bits per heavy atom. The third-order valence-corrected chi connectivity index (χ3v) is 4.60. The molecule has 0 atom stereocenters. The predicted molar refractivity (Wildman–Crippen MR) is 99.8 cm³/mol. The minimum absolute atomic E-state index is 0.00557. The van der Waals surface area contributed by atoms with Gasteiger partial charge in [0.15, 0.2) is 0 Å². The lowest BCUT2D eigenvalue weighted by Gasteiger charge is -2.30. The average Bonchev–Trinajstić information content (AvgIpc) is 2.68. The van der Waals surface area contributed by atoms with Gasteiger partial charge in [-0.2, -0.15) is 0 Å². The number of anilines is 2. The second-order valence-electron chi connectivity index (χ2n) is 6.28. The van der Waals surface area contributed by atoms with Crippen molar-refractivity contribution in [1.82, 2.24) is 4.98 Å². The van der Waals surface area contributed by atoms with Gasteiger partial charge in [-0.3, -0.25) is 4.79 Å². The van der Waals surface area contributed by atoms with E-state index in [0.717, 1.165) is 25.2 Å². The van der Waals surface area contributed by atoms with E-state index >= 15 is 0 Å². The summed E-state index contributed by atoms with van der Waals surface area (Å²) in [5.74, 6) is -0.650. The lowest BCUT2D eigenvalue weighted by Crippen LogP contribution is -2.30. The first-order valence-electron chi connectivity index (χ1n) is 8.54. The number of nitrogens with one attached hydrogen (secondary N) is 1. The summed E-state index contributed by atoms with van der Waals surface area (Å²) >= 11 is 0. The van der Waals surface area contributed by atoms with Gasteiger partial charge < -0.3 is 10.2 Å². The van der Waals surface area contributed by atoms with Gasteiger partial charge in [-0.1, -0.05) is 36.4 Å². The maximum atomic E-state index is 13.7. The molecule has 26 heavy (non-hydrogen) atoms. The molecule has 1 aliphatic heterocycles. The lowest BCUT2D eigenvalue weighted by atomic mass is 10.00. The van der Waals surface area contributed by atoms with Gasteiger partial charge in [0.1, 0.15) is 11.6 Å². The Morgan fingerprint density at radius 1 is 1.00 bits per heavy atom. The largest absolute Gasteiger partial charge is 0.366 e. The van der Waals surface area contributed by atoms with Gasteiger partial charge in [0, 0.05) is 13.1 Å². The van der Waals surface area contributed by atoms with E-state index in [-0.39, 0.29) is 5.56 Å². The molecular weight excluding hydrogens is 329 g/mol. The molecule has 0 saturated heterocycles. The smallest absolute Gasteiger partial charge is 0.259 e. The molecule has 0 saturated carbocycles. The zero-order valence-corrected chi connectivity index (χ0v) is 14.2. The molecular formula is C21H18FN3O. The molecule has 1 N–H and O–H groups in total. The van der Waals surface area contributed by atoms with Crippen molar-refractivity contribution in [3.05, 3.63) is 89.4 Å². The highest BCUT2D eigenvalue weighted by atomic mass is 19.1. The van der Waals surface area contributed by atoms with Crippen LogP contribution in [-0.4, -0.2) is 17.4 Å². The third kappa shape index (κ3) is 3.28. The molecule has 1 aliphatic rings. The van der Waals surface area contributed by atoms with Crippen molar-refractivity contribution < 1.29 is 9.18 Å². The van der Waals surface area contributed by atoms with Crippen LogP contribution in [-0.2, 0) is 13.0 Å². The first kappa shape index (κ1) is 16.3. The minimum atomic E-state index is -0.548. The summed E-state index contributed by atoms with van der Waals surface area (Å²) in [5.41, 5.74) is 3.73. The minimum Gasteiger partial charge on any atom is -0.366 e. The van der Waals surface area contributed by atoms with Crippen molar-refractivity contribution in [3.8, 4) is 0 Å². The molecule has 2 aromatic carbocycles. The van der Waals surface area contributed by atoms with E-state index in [1.54, 1.807) is 24.4 Å². The van der Waals surface area contributed by atoms with Crippen LogP contribution < -0.4 is 10.2 Å². The van der Waals surface area contributed by atoms with Crippen molar-refractivity contribution in [2.45, 2.75) is 13.0 Å². The highest BCUT2D eigenvalue weighted by Crippen LogP contribution is 2.24. The number of carbonyl (C=O) groups excluding carboxylic acids is 1. The van der Waals surface area contributed by atoms with Gasteiger partial charge in [0.25, 0.3) is 5.91 Å². The predicted octanol–water partition coefficient (Wildman–Crippen LogP) is 4.04. The molecule has 3 aromatic rings. The van der Waals surface area contributed by atoms with Gasteiger partial charge >= 0.3 is 0 Å². The van der Waals surface area contributed by atoms with Crippen LogP contribution in [0.3, 0.4) is 0 Å². The molecule has 1 amide bonds. The number of carbonyl (C=O) groups is 1. The standard InChI is InChI=1S/C21H18FN3O/c22-19-8-4-3-7-18(19)21(26)24-20-10-9-17(13-23-20)25-12-11-15-5-1-2-6-16(15)14-25/h1-10,13H,11-12,14H2,(H,23,24,26). The summed E-state index contributed by atoms with van der Waals surface area (Å²) in [7, 11) is 0. The maximum Gasteiger partial charge on any atom is 0.259 e. The monoisotopic (exact) mass is 347 g/mol. The number of fused-ring (bicyclic) bond motifs is 1. The van der Waals surface area contributed by atoms with E-state index in [9.17, 15) is 9.18 Å². The molecule has 1 aromatic heterocycles. The molecule has 5 heteroatoms. The summed E-state index contributed by atoms with van der Waals surface area (Å²) in [6.07, 6.45) is 2.74. The molecule has 4 rings (SSSR count). The Hall–Kier alpha value is -3.21. The SMILES string of the molecule is O=C(Nc1ccc(N2CCc3ccccc3C2)cn1)c1ccccc1F. The van der Waals surface area contributed by atoms with E-state index in [4.69, 9.17) is 0 Å². The molecule has 0 bridgehead atoms. The van der Waals surface area contributed by atoms with Gasteiger partial charge in [0.05, 0.1) is 17.4 Å². The lowest BCUT2D eigenvalue weighted by molar-refractivity contribution is 0.102. The van der Waals surface area contributed by atoms with E-state index in [1.165, 1.54) is 23.3 Å². The van der Waals surface area contributed by atoms with E-state index < -0.39 is 11.7 Å². The number of pyridine rings is 1. The first-order valence-corrected chi connectivity index (χ1v) is 8.54. The molecule has 0 radical (unpaired) electrons. The molecule has 4 nitrogen and oxygen atoms in total. The second kappa shape index (κ2) is 6.96. The van der Waals surface area contributed by atoms with Crippen LogP contribution >= 0.6 is 0 Å². The van der Waals surface area contributed by atoms with Crippen LogP contribution in [0.5, 0.6) is 0 Å². The van der Waals surface area contributed by atoms with Gasteiger partial charge in [-0.15, -0.1) is 0 Å². The summed E-state index contributed by atoms with van der Waals surface area (Å²) in [6, 6.07) is 18.0. The third-order valence-electron chi connectivity index (χ3n) is 4.60. The van der Waals surface area contributed by atoms with Crippen molar-refractivity contribution in [3.63, 3.8) is 0 Å². The fourth-order valence-corrected chi connectivity index (χ4v) is 3.19. The average molecular weight is 347 g/mol. The normalized spacial score (nSPS) is 13.2. The Morgan fingerprint density at radius 2 is 1.77 bits per heavy atom. The molecule has 0 fully saturated rings. The fourth-order valence-electron chi connectivity index (χ4n) is 3.19. The van der Waals surface area contributed by atoms with Gasteiger partial charge in [0.2, 0.25) is 0 Å².